The van der Waals surface area contributed by atoms with Crippen LogP contribution in [0.3, 0.4) is 0 Å². The molecule has 0 fully saturated rings. The third kappa shape index (κ3) is 3.11. The van der Waals surface area contributed by atoms with E-state index in [4.69, 9.17) is 0 Å². The SMILES string of the molecule is C1=CC(n2c3ccccc3c3ccc4c(c5cccc6c5n4-c4ccccc4N6c4ccccc4)c32)Cc2c1sc1ccccc21. The van der Waals surface area contributed by atoms with E-state index in [0.717, 1.165) is 6.42 Å². The second-order valence-electron chi connectivity index (χ2n) is 12.5. The van der Waals surface area contributed by atoms with Gasteiger partial charge in [0, 0.05) is 42.3 Å². The Bertz CT molecular complexity index is 2740. The van der Waals surface area contributed by atoms with Gasteiger partial charge in [-0.2, -0.15) is 0 Å². The highest BCUT2D eigenvalue weighted by molar-refractivity contribution is 7.20. The number of anilines is 3. The molecule has 0 radical (unpaired) electrons. The Labute approximate surface area is 269 Å². The number of rotatable bonds is 2. The van der Waals surface area contributed by atoms with Gasteiger partial charge in [-0.05, 0) is 72.0 Å². The van der Waals surface area contributed by atoms with Gasteiger partial charge in [0.25, 0.3) is 0 Å². The number of allylic oxidation sites excluding steroid dienone is 1. The van der Waals surface area contributed by atoms with Crippen molar-refractivity contribution in [3.63, 3.8) is 0 Å². The third-order valence-corrected chi connectivity index (χ3v) is 11.3. The first kappa shape index (κ1) is 24.7. The van der Waals surface area contributed by atoms with Gasteiger partial charge >= 0.3 is 0 Å². The van der Waals surface area contributed by atoms with E-state index in [1.54, 1.807) is 0 Å². The van der Waals surface area contributed by atoms with Gasteiger partial charge < -0.3 is 14.0 Å². The van der Waals surface area contributed by atoms with Crippen LogP contribution in [0.15, 0.2) is 140 Å². The molecule has 0 saturated heterocycles. The number of nitrogens with zero attached hydrogens (tertiary/aromatic N) is 3. The fourth-order valence-electron chi connectivity index (χ4n) is 8.34. The third-order valence-electron chi connectivity index (χ3n) is 10.2. The summed E-state index contributed by atoms with van der Waals surface area (Å²) in [6.45, 7) is 0. The van der Waals surface area contributed by atoms with Crippen molar-refractivity contribution < 1.29 is 0 Å². The summed E-state index contributed by atoms with van der Waals surface area (Å²) < 4.78 is 6.53. The first-order chi connectivity index (χ1) is 22.8. The summed E-state index contributed by atoms with van der Waals surface area (Å²) in [6, 6.07) is 49.3. The number of benzene rings is 6. The van der Waals surface area contributed by atoms with Gasteiger partial charge in [0.15, 0.2) is 0 Å². The van der Waals surface area contributed by atoms with E-state index >= 15 is 0 Å². The molecule has 6 aromatic carbocycles. The summed E-state index contributed by atoms with van der Waals surface area (Å²) in [5.74, 6) is 0. The van der Waals surface area contributed by atoms with Crippen LogP contribution in [0.1, 0.15) is 16.5 Å². The molecule has 3 aromatic heterocycles. The minimum Gasteiger partial charge on any atom is -0.333 e. The Hall–Kier alpha value is -5.58. The molecule has 11 rings (SSSR count). The molecule has 2 aliphatic rings. The molecule has 0 amide bonds. The van der Waals surface area contributed by atoms with Crippen LogP contribution in [0.2, 0.25) is 0 Å². The highest BCUT2D eigenvalue weighted by atomic mass is 32.1. The van der Waals surface area contributed by atoms with Gasteiger partial charge in [0.05, 0.1) is 39.7 Å². The van der Waals surface area contributed by atoms with Crippen molar-refractivity contribution in [2.24, 2.45) is 0 Å². The molecule has 0 bridgehead atoms. The predicted molar refractivity (Wildman–Crippen MR) is 196 cm³/mol. The quantitative estimate of drug-likeness (QED) is 0.191. The van der Waals surface area contributed by atoms with Crippen molar-refractivity contribution in [3.05, 3.63) is 150 Å². The summed E-state index contributed by atoms with van der Waals surface area (Å²) in [4.78, 5) is 3.82. The fourth-order valence-corrected chi connectivity index (χ4v) is 9.49. The largest absolute Gasteiger partial charge is 0.333 e. The van der Waals surface area contributed by atoms with Crippen molar-refractivity contribution in [1.82, 2.24) is 9.13 Å². The fraction of sp³-hybridized carbons (Fsp3) is 0.0476. The van der Waals surface area contributed by atoms with Gasteiger partial charge in [0.2, 0.25) is 0 Å². The van der Waals surface area contributed by atoms with Gasteiger partial charge in [0.1, 0.15) is 0 Å². The van der Waals surface area contributed by atoms with Crippen molar-refractivity contribution >= 4 is 88.2 Å². The van der Waals surface area contributed by atoms with Crippen molar-refractivity contribution in [2.75, 3.05) is 4.90 Å². The van der Waals surface area contributed by atoms with Crippen LogP contribution in [0.5, 0.6) is 0 Å². The molecule has 0 saturated carbocycles. The summed E-state index contributed by atoms with van der Waals surface area (Å²) >= 11 is 1.91. The number of hydrogen-bond acceptors (Lipinski definition) is 2. The number of fused-ring (bicyclic) bond motifs is 12. The van der Waals surface area contributed by atoms with Gasteiger partial charge in [-0.25, -0.2) is 0 Å². The van der Waals surface area contributed by atoms with Gasteiger partial charge in [-0.15, -0.1) is 11.3 Å². The zero-order valence-electron chi connectivity index (χ0n) is 24.9. The van der Waals surface area contributed by atoms with Crippen molar-refractivity contribution in [3.8, 4) is 5.69 Å². The maximum Gasteiger partial charge on any atom is 0.0784 e. The second kappa shape index (κ2) is 9.00. The van der Waals surface area contributed by atoms with E-state index in [9.17, 15) is 0 Å². The summed E-state index contributed by atoms with van der Waals surface area (Å²) in [6.07, 6.45) is 5.80. The maximum atomic E-state index is 2.65. The van der Waals surface area contributed by atoms with Crippen LogP contribution in [0.25, 0.3) is 65.5 Å². The Balaban J connectivity index is 1.27. The molecule has 9 aromatic rings. The smallest absolute Gasteiger partial charge is 0.0784 e. The monoisotopic (exact) mass is 605 g/mol. The van der Waals surface area contributed by atoms with E-state index in [1.165, 1.54) is 86.9 Å². The zero-order valence-corrected chi connectivity index (χ0v) is 25.7. The predicted octanol–water partition coefficient (Wildman–Crippen LogP) is 11.7. The Morgan fingerprint density at radius 1 is 0.543 bits per heavy atom. The van der Waals surface area contributed by atoms with Crippen LogP contribution in [0.4, 0.5) is 17.1 Å². The van der Waals surface area contributed by atoms with E-state index in [1.807, 2.05) is 11.3 Å². The molecule has 0 spiro atoms. The highest BCUT2D eigenvalue weighted by Crippen LogP contribution is 2.52. The highest BCUT2D eigenvalue weighted by Gasteiger charge is 2.31. The second-order valence-corrected chi connectivity index (χ2v) is 13.6. The standard InChI is InChI=1S/C42H27N3S/c1-2-11-26(12-3-1)43-34-17-7-8-18-35(34)45-36-23-22-30-28-13-4-6-16-33(28)44(42(30)40(36)31-15-10-19-37(43)41(31)45)27-21-24-39-32(25-27)29-14-5-9-20-38(29)46-39/h1-24,27H,25H2. The van der Waals surface area contributed by atoms with Crippen LogP contribution < -0.4 is 4.90 Å². The van der Waals surface area contributed by atoms with Gasteiger partial charge in [-0.1, -0.05) is 91.0 Å². The molecular formula is C42H27N3S. The lowest BCUT2D eigenvalue weighted by Gasteiger charge is -2.33. The maximum absolute atomic E-state index is 2.65. The van der Waals surface area contributed by atoms with Crippen LogP contribution >= 0.6 is 11.3 Å². The Kier molecular flexibility index (Phi) is 4.83. The molecule has 1 atom stereocenters. The summed E-state index contributed by atoms with van der Waals surface area (Å²) in [5.41, 5.74) is 11.4. The molecule has 1 aliphatic heterocycles. The van der Waals surface area contributed by atoms with Gasteiger partial charge in [-0.3, -0.25) is 0 Å². The number of hydrogen-bond donors (Lipinski definition) is 0. The molecule has 3 nitrogen and oxygen atoms in total. The van der Waals surface area contributed by atoms with Crippen LogP contribution in [0, 0.1) is 0 Å². The topological polar surface area (TPSA) is 13.1 Å². The Morgan fingerprint density at radius 3 is 2.20 bits per heavy atom. The normalized spacial score (nSPS) is 15.4. The summed E-state index contributed by atoms with van der Waals surface area (Å²) in [7, 11) is 0. The van der Waals surface area contributed by atoms with E-state index in [2.05, 4.69) is 160 Å². The molecule has 216 valence electrons. The molecule has 1 unspecified atom stereocenters. The van der Waals surface area contributed by atoms with Crippen molar-refractivity contribution in [1.29, 1.82) is 0 Å². The first-order valence-electron chi connectivity index (χ1n) is 16.0. The van der Waals surface area contributed by atoms with Crippen LogP contribution in [-0.4, -0.2) is 9.13 Å². The first-order valence-corrected chi connectivity index (χ1v) is 16.8. The molecular weight excluding hydrogens is 579 g/mol. The van der Waals surface area contributed by atoms with E-state index in [-0.39, 0.29) is 6.04 Å². The number of thiophene rings is 1. The number of aromatic nitrogens is 2. The minimum atomic E-state index is 0.207. The average molecular weight is 606 g/mol. The minimum absolute atomic E-state index is 0.207. The van der Waals surface area contributed by atoms with E-state index in [0.29, 0.717) is 0 Å². The molecule has 4 heteroatoms. The lowest BCUT2D eigenvalue weighted by Crippen LogP contribution is -2.17. The van der Waals surface area contributed by atoms with Crippen LogP contribution in [-0.2, 0) is 6.42 Å². The molecule has 0 N–H and O–H groups in total. The average Bonchev–Trinajstić information content (AvgIpc) is 3.77. The summed E-state index contributed by atoms with van der Waals surface area (Å²) in [5, 5.41) is 6.64. The molecule has 4 heterocycles. The van der Waals surface area contributed by atoms with Crippen molar-refractivity contribution in [2.45, 2.75) is 12.5 Å². The molecule has 46 heavy (non-hydrogen) atoms. The lowest BCUT2D eigenvalue weighted by atomic mass is 9.97. The number of para-hydroxylation sites is 5. The molecule has 1 aliphatic carbocycles. The lowest BCUT2D eigenvalue weighted by molar-refractivity contribution is 0.641. The van der Waals surface area contributed by atoms with E-state index < -0.39 is 0 Å². The zero-order chi connectivity index (χ0) is 29.9. The Morgan fingerprint density at radius 2 is 1.28 bits per heavy atom.